The molecule has 14 heteroatoms. The lowest BCUT2D eigenvalue weighted by Gasteiger charge is -2.09. The number of aromatic amines is 1. The van der Waals surface area contributed by atoms with Crippen LogP contribution in [0.5, 0.6) is 0 Å². The summed E-state index contributed by atoms with van der Waals surface area (Å²) < 4.78 is 47.7. The normalized spacial score (nSPS) is 11.0. The molecule has 0 aliphatic heterocycles. The molecule has 0 aliphatic rings. The minimum Gasteiger partial charge on any atom is -0.475 e. The molecule has 194 valence electrons. The van der Waals surface area contributed by atoms with Gasteiger partial charge in [-0.3, -0.25) is 5.10 Å². The van der Waals surface area contributed by atoms with Crippen LogP contribution in [-0.4, -0.2) is 52.2 Å². The van der Waals surface area contributed by atoms with Crippen molar-refractivity contribution in [3.05, 3.63) is 85.1 Å². The number of aryl methyl sites for hydroxylation is 1. The van der Waals surface area contributed by atoms with Crippen LogP contribution in [0.1, 0.15) is 5.82 Å². The van der Waals surface area contributed by atoms with Crippen molar-refractivity contribution in [3.8, 4) is 28.1 Å². The Morgan fingerprint density at radius 3 is 2.34 bits per heavy atom. The van der Waals surface area contributed by atoms with Crippen molar-refractivity contribution in [1.29, 1.82) is 0 Å². The molecule has 0 spiro atoms. The number of carboxylic acid groups (broad SMARTS) is 1. The van der Waals surface area contributed by atoms with Crippen molar-refractivity contribution in [1.82, 2.24) is 34.9 Å². The van der Waals surface area contributed by atoms with E-state index >= 15 is 0 Å². The molecule has 38 heavy (non-hydrogen) atoms. The van der Waals surface area contributed by atoms with E-state index < -0.39 is 12.1 Å². The largest absolute Gasteiger partial charge is 0.490 e. The van der Waals surface area contributed by atoms with Crippen LogP contribution in [0.2, 0.25) is 0 Å². The quantitative estimate of drug-likeness (QED) is 0.274. The minimum absolute atomic E-state index is 0.347. The summed E-state index contributed by atoms with van der Waals surface area (Å²) in [5.41, 5.74) is 4.49. The maximum atomic E-state index is 14.2. The van der Waals surface area contributed by atoms with Crippen molar-refractivity contribution in [3.63, 3.8) is 0 Å². The SMILES string of the molecule is Cc1ncn(-c2ccc(Nc3nccc(-c4cc(F)cc(-c5cn[nH]c5)c4)n3)cc2)n1.O=C(O)C(F)(F)F. The molecule has 0 unspecified atom stereocenters. The van der Waals surface area contributed by atoms with Gasteiger partial charge in [0.25, 0.3) is 0 Å². The first kappa shape index (κ1) is 25.9. The van der Waals surface area contributed by atoms with E-state index in [1.54, 1.807) is 35.7 Å². The molecule has 0 amide bonds. The number of hydrogen-bond donors (Lipinski definition) is 3. The standard InChI is InChI=1S/C22H17FN8.C2HF3O2/c1-14-25-13-31(30-14)20-4-2-19(3-5-20)28-22-24-7-6-21(29-22)16-8-15(9-18(23)10-16)17-11-26-27-12-17;3-2(4,5)1(6)7/h2-13H,1H3,(H,26,27)(H,24,28,29);(H,6,7). The number of nitrogens with one attached hydrogen (secondary N) is 2. The molecule has 3 aromatic heterocycles. The van der Waals surface area contributed by atoms with E-state index in [9.17, 15) is 17.6 Å². The van der Waals surface area contributed by atoms with E-state index in [-0.39, 0.29) is 5.82 Å². The summed E-state index contributed by atoms with van der Waals surface area (Å²) in [6.07, 6.45) is 1.59. The van der Waals surface area contributed by atoms with E-state index in [1.165, 1.54) is 12.1 Å². The Morgan fingerprint density at radius 1 is 1.03 bits per heavy atom. The molecular weight excluding hydrogens is 508 g/mol. The van der Waals surface area contributed by atoms with Crippen LogP contribution < -0.4 is 5.32 Å². The van der Waals surface area contributed by atoms with E-state index in [4.69, 9.17) is 9.90 Å². The zero-order chi connectivity index (χ0) is 27.3. The van der Waals surface area contributed by atoms with Gasteiger partial charge in [-0.25, -0.2) is 28.8 Å². The molecule has 0 saturated carbocycles. The van der Waals surface area contributed by atoms with Gasteiger partial charge in [-0.2, -0.15) is 23.4 Å². The highest BCUT2D eigenvalue weighted by Gasteiger charge is 2.38. The number of aromatic nitrogens is 7. The summed E-state index contributed by atoms with van der Waals surface area (Å²) in [7, 11) is 0. The molecule has 5 aromatic rings. The highest BCUT2D eigenvalue weighted by Crippen LogP contribution is 2.27. The highest BCUT2D eigenvalue weighted by atomic mass is 19.4. The number of anilines is 2. The maximum absolute atomic E-state index is 14.2. The molecule has 0 saturated heterocycles. The Labute approximate surface area is 212 Å². The fourth-order valence-corrected chi connectivity index (χ4v) is 3.19. The van der Waals surface area contributed by atoms with Crippen molar-refractivity contribution >= 4 is 17.6 Å². The third-order valence-corrected chi connectivity index (χ3v) is 4.92. The molecular formula is C24H18F4N8O2. The van der Waals surface area contributed by atoms with Gasteiger partial charge < -0.3 is 10.4 Å². The minimum atomic E-state index is -5.08. The number of rotatable bonds is 5. The van der Waals surface area contributed by atoms with Crippen LogP contribution in [-0.2, 0) is 4.79 Å². The van der Waals surface area contributed by atoms with Crippen LogP contribution in [0.3, 0.4) is 0 Å². The number of alkyl halides is 3. The molecule has 3 N–H and O–H groups in total. The molecule has 5 rings (SSSR count). The van der Waals surface area contributed by atoms with Gasteiger partial charge in [0, 0.05) is 29.2 Å². The number of aliphatic carboxylic acids is 1. The Morgan fingerprint density at radius 2 is 1.74 bits per heavy atom. The van der Waals surface area contributed by atoms with Crippen molar-refractivity contribution < 1.29 is 27.5 Å². The summed E-state index contributed by atoms with van der Waals surface area (Å²) in [5, 5.41) is 21.3. The summed E-state index contributed by atoms with van der Waals surface area (Å²) in [4.78, 5) is 21.9. The molecule has 3 heterocycles. The number of nitrogens with zero attached hydrogens (tertiary/aromatic N) is 6. The molecule has 0 radical (unpaired) electrons. The smallest absolute Gasteiger partial charge is 0.475 e. The van der Waals surface area contributed by atoms with Crippen LogP contribution in [0.15, 0.2) is 73.4 Å². The maximum Gasteiger partial charge on any atom is 0.490 e. The monoisotopic (exact) mass is 526 g/mol. The van der Waals surface area contributed by atoms with Crippen molar-refractivity contribution in [2.75, 3.05) is 5.32 Å². The predicted molar refractivity (Wildman–Crippen MR) is 128 cm³/mol. The summed E-state index contributed by atoms with van der Waals surface area (Å²) in [6, 6.07) is 14.2. The second-order valence-electron chi connectivity index (χ2n) is 7.69. The lowest BCUT2D eigenvalue weighted by atomic mass is 10.0. The number of carbonyl (C=O) groups is 1. The number of benzene rings is 2. The molecule has 2 aromatic carbocycles. The average Bonchev–Trinajstić information content (AvgIpc) is 3.57. The van der Waals surface area contributed by atoms with Crippen molar-refractivity contribution in [2.45, 2.75) is 13.1 Å². The lowest BCUT2D eigenvalue weighted by molar-refractivity contribution is -0.192. The Bertz CT molecular complexity index is 1530. The van der Waals surface area contributed by atoms with E-state index in [0.29, 0.717) is 23.0 Å². The van der Waals surface area contributed by atoms with Gasteiger partial charge in [-0.1, -0.05) is 0 Å². The van der Waals surface area contributed by atoms with Crippen LogP contribution in [0.4, 0.5) is 29.2 Å². The first-order valence-electron chi connectivity index (χ1n) is 10.8. The van der Waals surface area contributed by atoms with Crippen LogP contribution in [0, 0.1) is 12.7 Å². The molecule has 0 fully saturated rings. The van der Waals surface area contributed by atoms with E-state index in [0.717, 1.165) is 22.5 Å². The second kappa shape index (κ2) is 10.9. The highest BCUT2D eigenvalue weighted by molar-refractivity contribution is 5.73. The van der Waals surface area contributed by atoms with Gasteiger partial charge in [0.15, 0.2) is 0 Å². The van der Waals surface area contributed by atoms with Gasteiger partial charge in [0.05, 0.1) is 17.6 Å². The zero-order valence-corrected chi connectivity index (χ0v) is 19.5. The Hall–Kier alpha value is -5.14. The van der Waals surface area contributed by atoms with Gasteiger partial charge in [0.2, 0.25) is 5.95 Å². The topological polar surface area (TPSA) is 134 Å². The first-order chi connectivity index (χ1) is 18.1. The van der Waals surface area contributed by atoms with Gasteiger partial charge >= 0.3 is 12.1 Å². The van der Waals surface area contributed by atoms with Gasteiger partial charge in [0.1, 0.15) is 18.0 Å². The van der Waals surface area contributed by atoms with Gasteiger partial charge in [-0.05, 0) is 61.0 Å². The van der Waals surface area contributed by atoms with E-state index in [1.807, 2.05) is 37.3 Å². The van der Waals surface area contributed by atoms with Crippen molar-refractivity contribution in [2.24, 2.45) is 0 Å². The number of carboxylic acids is 1. The molecule has 0 atom stereocenters. The first-order valence-corrected chi connectivity index (χ1v) is 10.8. The fourth-order valence-electron chi connectivity index (χ4n) is 3.19. The number of halogens is 4. The Balaban J connectivity index is 0.000000426. The van der Waals surface area contributed by atoms with E-state index in [2.05, 4.69) is 35.6 Å². The average molecular weight is 526 g/mol. The van der Waals surface area contributed by atoms with Crippen LogP contribution in [0.25, 0.3) is 28.1 Å². The summed E-state index contributed by atoms with van der Waals surface area (Å²) in [5.74, 6) is -1.98. The lowest BCUT2D eigenvalue weighted by Crippen LogP contribution is -2.21. The molecule has 10 nitrogen and oxygen atoms in total. The number of hydrogen-bond acceptors (Lipinski definition) is 7. The molecule has 0 bridgehead atoms. The Kier molecular flexibility index (Phi) is 7.41. The zero-order valence-electron chi connectivity index (χ0n) is 19.5. The van der Waals surface area contributed by atoms with Crippen LogP contribution >= 0.6 is 0 Å². The molecule has 0 aliphatic carbocycles. The third kappa shape index (κ3) is 6.54. The predicted octanol–water partition coefficient (Wildman–Crippen LogP) is 4.94. The fraction of sp³-hybridized carbons (Fsp3) is 0.0833. The summed E-state index contributed by atoms with van der Waals surface area (Å²) >= 11 is 0. The number of H-pyrrole nitrogens is 1. The summed E-state index contributed by atoms with van der Waals surface area (Å²) in [6.45, 7) is 1.84. The second-order valence-corrected chi connectivity index (χ2v) is 7.69. The van der Waals surface area contributed by atoms with Gasteiger partial charge in [-0.15, -0.1) is 0 Å². The third-order valence-electron chi connectivity index (χ3n) is 4.92.